The number of carboxylic acids is 1. The van der Waals surface area contributed by atoms with Crippen LogP contribution in [0.25, 0.3) is 0 Å². The summed E-state index contributed by atoms with van der Waals surface area (Å²) in [5.74, 6) is -0.558. The smallest absolute Gasteiger partial charge is 0.335 e. The normalized spacial score (nSPS) is 10.1. The molecule has 0 unspecified atom stereocenters. The Morgan fingerprint density at radius 1 is 1.35 bits per heavy atom. The number of halogens is 1. The maximum absolute atomic E-state index is 11.7. The van der Waals surface area contributed by atoms with E-state index in [9.17, 15) is 9.59 Å². The number of rotatable bonds is 4. The van der Waals surface area contributed by atoms with Crippen LogP contribution in [0.2, 0.25) is 0 Å². The number of amides is 2. The minimum Gasteiger partial charge on any atom is -0.478 e. The van der Waals surface area contributed by atoms with Crippen molar-refractivity contribution in [2.24, 2.45) is 0 Å². The zero-order chi connectivity index (χ0) is 14.5. The molecule has 20 heavy (non-hydrogen) atoms. The first-order chi connectivity index (χ1) is 9.54. The van der Waals surface area contributed by atoms with Gasteiger partial charge in [0.15, 0.2) is 0 Å². The molecule has 8 nitrogen and oxygen atoms in total. The van der Waals surface area contributed by atoms with Crippen LogP contribution in [-0.2, 0) is 6.54 Å². The predicted molar refractivity (Wildman–Crippen MR) is 73.3 cm³/mol. The molecule has 4 N–H and O–H groups in total. The molecule has 0 saturated heterocycles. The molecule has 1 aromatic carbocycles. The van der Waals surface area contributed by atoms with Crippen LogP contribution in [0.4, 0.5) is 10.5 Å². The van der Waals surface area contributed by atoms with E-state index in [0.29, 0.717) is 16.0 Å². The summed E-state index contributed by atoms with van der Waals surface area (Å²) in [5, 5.41) is 20.3. The zero-order valence-electron chi connectivity index (χ0n) is 10.1. The molecule has 0 aliphatic rings. The van der Waals surface area contributed by atoms with E-state index in [4.69, 9.17) is 5.11 Å². The Labute approximate surface area is 121 Å². The van der Waals surface area contributed by atoms with Crippen LogP contribution < -0.4 is 10.6 Å². The average Bonchev–Trinajstić information content (AvgIpc) is 2.88. The second-order valence-electron chi connectivity index (χ2n) is 3.77. The highest BCUT2D eigenvalue weighted by atomic mass is 79.9. The number of carboxylic acid groups (broad SMARTS) is 1. The van der Waals surface area contributed by atoms with Gasteiger partial charge >= 0.3 is 12.0 Å². The summed E-state index contributed by atoms with van der Waals surface area (Å²) in [5.41, 5.74) is 0.441. The van der Waals surface area contributed by atoms with Crippen molar-refractivity contribution in [2.45, 2.75) is 6.54 Å². The molecule has 0 aliphatic heterocycles. The first-order valence-corrected chi connectivity index (χ1v) is 6.27. The number of carbonyl (C=O) groups excluding carboxylic acids is 1. The summed E-state index contributed by atoms with van der Waals surface area (Å²) in [7, 11) is 0. The highest BCUT2D eigenvalue weighted by molar-refractivity contribution is 9.10. The van der Waals surface area contributed by atoms with Crippen LogP contribution in [0.15, 0.2) is 29.0 Å². The van der Waals surface area contributed by atoms with Crippen LogP contribution in [0.5, 0.6) is 0 Å². The van der Waals surface area contributed by atoms with Gasteiger partial charge in [-0.2, -0.15) is 5.10 Å². The van der Waals surface area contributed by atoms with E-state index in [1.54, 1.807) is 6.07 Å². The van der Waals surface area contributed by atoms with Gasteiger partial charge in [-0.3, -0.25) is 5.10 Å². The number of hydrogen-bond donors (Lipinski definition) is 4. The molecule has 0 saturated carbocycles. The molecule has 0 atom stereocenters. The first kappa shape index (κ1) is 14.0. The highest BCUT2D eigenvalue weighted by Crippen LogP contribution is 2.19. The fourth-order valence-corrected chi connectivity index (χ4v) is 1.93. The number of H-pyrrole nitrogens is 1. The van der Waals surface area contributed by atoms with Gasteiger partial charge in [0, 0.05) is 10.2 Å². The summed E-state index contributed by atoms with van der Waals surface area (Å²) in [6.45, 7) is 0.186. The first-order valence-electron chi connectivity index (χ1n) is 5.47. The Morgan fingerprint density at radius 2 is 2.15 bits per heavy atom. The zero-order valence-corrected chi connectivity index (χ0v) is 11.6. The third-order valence-electron chi connectivity index (χ3n) is 2.28. The Kier molecular flexibility index (Phi) is 4.31. The Balaban J connectivity index is 1.98. The number of nitrogens with zero attached hydrogens (tertiary/aromatic N) is 2. The lowest BCUT2D eigenvalue weighted by molar-refractivity contribution is 0.0697. The standard InChI is InChI=1S/C11H10BrN5O3/c12-7-1-6(10(18)19)2-8(3-7)16-11(20)13-4-9-14-5-15-17-9/h1-3,5H,4H2,(H,18,19)(H2,13,16,20)(H,14,15,17). The van der Waals surface area contributed by atoms with Gasteiger partial charge < -0.3 is 15.7 Å². The second-order valence-corrected chi connectivity index (χ2v) is 4.69. The van der Waals surface area contributed by atoms with E-state index in [1.165, 1.54) is 18.5 Å². The van der Waals surface area contributed by atoms with Gasteiger partial charge in [-0.15, -0.1) is 0 Å². The molecule has 0 fully saturated rings. The summed E-state index contributed by atoms with van der Waals surface area (Å²) in [4.78, 5) is 26.4. The van der Waals surface area contributed by atoms with Gasteiger partial charge in [0.25, 0.3) is 0 Å². The minimum atomic E-state index is -1.07. The molecule has 2 aromatic rings. The number of aromatic nitrogens is 3. The number of urea groups is 1. The molecule has 9 heteroatoms. The van der Waals surface area contributed by atoms with Crippen molar-refractivity contribution in [3.05, 3.63) is 40.4 Å². The van der Waals surface area contributed by atoms with E-state index in [2.05, 4.69) is 41.7 Å². The van der Waals surface area contributed by atoms with Gasteiger partial charge in [-0.05, 0) is 18.2 Å². The van der Waals surface area contributed by atoms with Crippen molar-refractivity contribution in [2.75, 3.05) is 5.32 Å². The molecule has 2 rings (SSSR count). The lowest BCUT2D eigenvalue weighted by atomic mass is 10.2. The highest BCUT2D eigenvalue weighted by Gasteiger charge is 2.08. The number of aromatic amines is 1. The molecule has 0 spiro atoms. The average molecular weight is 340 g/mol. The molecular weight excluding hydrogens is 330 g/mol. The van der Waals surface area contributed by atoms with E-state index in [-0.39, 0.29) is 12.1 Å². The third-order valence-corrected chi connectivity index (χ3v) is 2.74. The largest absolute Gasteiger partial charge is 0.478 e. The van der Waals surface area contributed by atoms with Crippen LogP contribution in [-0.4, -0.2) is 32.3 Å². The number of nitrogens with one attached hydrogen (secondary N) is 3. The summed E-state index contributed by atoms with van der Waals surface area (Å²) in [6.07, 6.45) is 1.34. The van der Waals surface area contributed by atoms with Crippen LogP contribution in [0.3, 0.4) is 0 Å². The van der Waals surface area contributed by atoms with Crippen molar-refractivity contribution in [3.63, 3.8) is 0 Å². The summed E-state index contributed by atoms with van der Waals surface area (Å²) in [6, 6.07) is 3.93. The van der Waals surface area contributed by atoms with Crippen molar-refractivity contribution in [1.82, 2.24) is 20.5 Å². The minimum absolute atomic E-state index is 0.0740. The molecule has 0 radical (unpaired) electrons. The van der Waals surface area contributed by atoms with Crippen molar-refractivity contribution in [1.29, 1.82) is 0 Å². The van der Waals surface area contributed by atoms with Gasteiger partial charge in [0.1, 0.15) is 12.2 Å². The Morgan fingerprint density at radius 3 is 2.80 bits per heavy atom. The molecule has 2 amide bonds. The number of aromatic carboxylic acids is 1. The fraction of sp³-hybridized carbons (Fsp3) is 0.0909. The van der Waals surface area contributed by atoms with E-state index in [0.717, 1.165) is 0 Å². The SMILES string of the molecule is O=C(NCc1ncn[nH]1)Nc1cc(Br)cc(C(=O)O)c1. The van der Waals surface area contributed by atoms with Gasteiger partial charge in [-0.1, -0.05) is 15.9 Å². The number of benzene rings is 1. The summed E-state index contributed by atoms with van der Waals surface area (Å²) >= 11 is 3.18. The maximum Gasteiger partial charge on any atom is 0.335 e. The predicted octanol–water partition coefficient (Wildman–Crippen LogP) is 1.59. The lowest BCUT2D eigenvalue weighted by Crippen LogP contribution is -2.28. The van der Waals surface area contributed by atoms with Crippen molar-refractivity contribution in [3.8, 4) is 0 Å². The van der Waals surface area contributed by atoms with Crippen LogP contribution in [0, 0.1) is 0 Å². The van der Waals surface area contributed by atoms with Crippen molar-refractivity contribution >= 4 is 33.6 Å². The Bertz CT molecular complexity index is 629. The van der Waals surface area contributed by atoms with E-state index in [1.807, 2.05) is 0 Å². The van der Waals surface area contributed by atoms with Gasteiger partial charge in [-0.25, -0.2) is 14.6 Å². The van der Waals surface area contributed by atoms with Gasteiger partial charge in [0.05, 0.1) is 12.1 Å². The number of hydrogen-bond acceptors (Lipinski definition) is 4. The third kappa shape index (κ3) is 3.79. The van der Waals surface area contributed by atoms with Crippen molar-refractivity contribution < 1.29 is 14.7 Å². The quantitative estimate of drug-likeness (QED) is 0.674. The Hall–Kier alpha value is -2.42. The number of anilines is 1. The molecule has 0 bridgehead atoms. The molecule has 104 valence electrons. The number of carbonyl (C=O) groups is 2. The molecule has 1 heterocycles. The molecular formula is C11H10BrN5O3. The second kappa shape index (κ2) is 6.15. The maximum atomic E-state index is 11.7. The topological polar surface area (TPSA) is 120 Å². The monoisotopic (exact) mass is 339 g/mol. The van der Waals surface area contributed by atoms with Crippen LogP contribution in [0.1, 0.15) is 16.2 Å². The molecule has 0 aliphatic carbocycles. The summed E-state index contributed by atoms with van der Waals surface area (Å²) < 4.78 is 0.558. The van der Waals surface area contributed by atoms with E-state index >= 15 is 0 Å². The van der Waals surface area contributed by atoms with Crippen LogP contribution >= 0.6 is 15.9 Å². The fourth-order valence-electron chi connectivity index (χ4n) is 1.44. The molecule has 1 aromatic heterocycles. The van der Waals surface area contributed by atoms with E-state index < -0.39 is 12.0 Å². The van der Waals surface area contributed by atoms with Gasteiger partial charge in [0.2, 0.25) is 0 Å². The lowest BCUT2D eigenvalue weighted by Gasteiger charge is -2.08.